The molecule has 1 aromatic heterocycles. The fraction of sp³-hybridized carbons (Fsp3) is 0.348. The maximum absolute atomic E-state index is 12.5. The molecule has 0 unspecified atom stereocenters. The molecule has 1 fully saturated rings. The Morgan fingerprint density at radius 3 is 2.45 bits per heavy atom. The molecule has 0 bridgehead atoms. The lowest BCUT2D eigenvalue weighted by Gasteiger charge is -2.31. The Kier molecular flexibility index (Phi) is 6.35. The van der Waals surface area contributed by atoms with Gasteiger partial charge in [0.05, 0.1) is 13.7 Å². The second-order valence-electron chi connectivity index (χ2n) is 7.58. The van der Waals surface area contributed by atoms with E-state index in [4.69, 9.17) is 9.47 Å². The van der Waals surface area contributed by atoms with Crippen LogP contribution in [0.15, 0.2) is 59.4 Å². The number of amides is 1. The molecule has 8 nitrogen and oxygen atoms in total. The number of hydrogen-bond acceptors (Lipinski definition) is 5. The van der Waals surface area contributed by atoms with E-state index in [0.717, 1.165) is 30.0 Å². The normalized spacial score (nSPS) is 14.4. The molecule has 1 N–H and O–H groups in total. The lowest BCUT2D eigenvalue weighted by molar-refractivity contribution is -0.134. The molecule has 0 aliphatic carbocycles. The van der Waals surface area contributed by atoms with Crippen LogP contribution in [-0.4, -0.2) is 52.4 Å². The van der Waals surface area contributed by atoms with Crippen LogP contribution in [0.3, 0.4) is 0 Å². The van der Waals surface area contributed by atoms with Crippen molar-refractivity contribution >= 4 is 5.91 Å². The van der Waals surface area contributed by atoms with Crippen molar-refractivity contribution in [2.75, 3.05) is 26.8 Å². The monoisotopic (exact) mass is 422 g/mol. The Balaban J connectivity index is 1.35. The first kappa shape index (κ1) is 20.7. The molecule has 2 aromatic carbocycles. The Hall–Kier alpha value is -3.55. The van der Waals surface area contributed by atoms with Gasteiger partial charge in [-0.15, -0.1) is 0 Å². The second-order valence-corrected chi connectivity index (χ2v) is 7.58. The van der Waals surface area contributed by atoms with Gasteiger partial charge in [0, 0.05) is 19.0 Å². The van der Waals surface area contributed by atoms with Crippen molar-refractivity contribution in [1.82, 2.24) is 19.7 Å². The largest absolute Gasteiger partial charge is 0.497 e. The molecule has 0 atom stereocenters. The smallest absolute Gasteiger partial charge is 0.343 e. The number of likely N-dealkylation sites (tertiary alicyclic amines) is 1. The van der Waals surface area contributed by atoms with Gasteiger partial charge in [0.15, 0.2) is 6.61 Å². The average Bonchev–Trinajstić information content (AvgIpc) is 3.18. The Labute approximate surface area is 180 Å². The number of ether oxygens (including phenoxy) is 2. The number of benzene rings is 2. The zero-order chi connectivity index (χ0) is 21.6. The van der Waals surface area contributed by atoms with E-state index in [1.54, 1.807) is 11.7 Å². The summed E-state index contributed by atoms with van der Waals surface area (Å²) in [6.07, 6.45) is 1.51. The maximum Gasteiger partial charge on any atom is 0.343 e. The molecule has 0 saturated carbocycles. The molecular formula is C23H26N4O4. The number of aromatic amines is 1. The molecule has 1 aliphatic heterocycles. The SMILES string of the molecule is COc1ccc(Cn2c(C3CCN(C(=O)COc4ccccc4)CC3)n[nH]c2=O)cc1. The van der Waals surface area contributed by atoms with Crippen LogP contribution in [0.25, 0.3) is 0 Å². The highest BCUT2D eigenvalue weighted by Crippen LogP contribution is 2.26. The summed E-state index contributed by atoms with van der Waals surface area (Å²) in [5.74, 6) is 2.30. The van der Waals surface area contributed by atoms with Gasteiger partial charge < -0.3 is 14.4 Å². The highest BCUT2D eigenvalue weighted by atomic mass is 16.5. The van der Waals surface area contributed by atoms with Crippen LogP contribution in [-0.2, 0) is 11.3 Å². The summed E-state index contributed by atoms with van der Waals surface area (Å²) in [6.45, 7) is 1.70. The summed E-state index contributed by atoms with van der Waals surface area (Å²) < 4.78 is 12.4. The van der Waals surface area contributed by atoms with E-state index in [9.17, 15) is 9.59 Å². The number of nitrogens with one attached hydrogen (secondary N) is 1. The molecule has 1 amide bonds. The van der Waals surface area contributed by atoms with E-state index in [1.165, 1.54) is 0 Å². The number of carbonyl (C=O) groups excluding carboxylic acids is 1. The van der Waals surface area contributed by atoms with E-state index < -0.39 is 0 Å². The first-order valence-corrected chi connectivity index (χ1v) is 10.4. The maximum atomic E-state index is 12.5. The summed E-state index contributed by atoms with van der Waals surface area (Å²) in [4.78, 5) is 26.7. The van der Waals surface area contributed by atoms with Crippen molar-refractivity contribution in [1.29, 1.82) is 0 Å². The number of aromatic nitrogens is 3. The Morgan fingerprint density at radius 1 is 1.06 bits per heavy atom. The molecule has 0 radical (unpaired) electrons. The van der Waals surface area contributed by atoms with Gasteiger partial charge in [-0.25, -0.2) is 9.89 Å². The quantitative estimate of drug-likeness (QED) is 0.632. The number of rotatable bonds is 7. The van der Waals surface area contributed by atoms with Gasteiger partial charge in [-0.3, -0.25) is 9.36 Å². The zero-order valence-electron chi connectivity index (χ0n) is 17.5. The number of nitrogens with zero attached hydrogens (tertiary/aromatic N) is 3. The third-order valence-electron chi connectivity index (χ3n) is 5.61. The number of H-pyrrole nitrogens is 1. The number of methoxy groups -OCH3 is 1. The van der Waals surface area contributed by atoms with E-state index in [2.05, 4.69) is 10.2 Å². The van der Waals surface area contributed by atoms with E-state index in [1.807, 2.05) is 59.5 Å². The highest BCUT2D eigenvalue weighted by Gasteiger charge is 2.27. The number of hydrogen-bond donors (Lipinski definition) is 1. The van der Waals surface area contributed by atoms with Crippen molar-refractivity contribution in [3.8, 4) is 11.5 Å². The molecular weight excluding hydrogens is 396 g/mol. The van der Waals surface area contributed by atoms with E-state index in [0.29, 0.717) is 25.4 Å². The minimum absolute atomic E-state index is 0.0270. The minimum Gasteiger partial charge on any atom is -0.497 e. The van der Waals surface area contributed by atoms with Gasteiger partial charge in [-0.05, 0) is 42.7 Å². The number of carbonyl (C=O) groups is 1. The minimum atomic E-state index is -0.222. The van der Waals surface area contributed by atoms with Crippen molar-refractivity contribution in [3.05, 3.63) is 76.5 Å². The third-order valence-corrected chi connectivity index (χ3v) is 5.61. The van der Waals surface area contributed by atoms with Crippen LogP contribution in [0.2, 0.25) is 0 Å². The van der Waals surface area contributed by atoms with Crippen molar-refractivity contribution in [2.24, 2.45) is 0 Å². The van der Waals surface area contributed by atoms with Gasteiger partial charge in [-0.1, -0.05) is 30.3 Å². The van der Waals surface area contributed by atoms with Crippen LogP contribution in [0.5, 0.6) is 11.5 Å². The summed E-state index contributed by atoms with van der Waals surface area (Å²) in [7, 11) is 1.62. The van der Waals surface area contributed by atoms with Gasteiger partial charge in [-0.2, -0.15) is 5.10 Å². The molecule has 0 spiro atoms. The van der Waals surface area contributed by atoms with Gasteiger partial charge in [0.1, 0.15) is 17.3 Å². The first-order valence-electron chi connectivity index (χ1n) is 10.4. The van der Waals surface area contributed by atoms with E-state index in [-0.39, 0.29) is 24.1 Å². The van der Waals surface area contributed by atoms with Crippen molar-refractivity contribution < 1.29 is 14.3 Å². The molecule has 1 saturated heterocycles. The second kappa shape index (κ2) is 9.51. The Morgan fingerprint density at radius 2 is 1.77 bits per heavy atom. The molecule has 1 aliphatic rings. The molecule has 162 valence electrons. The van der Waals surface area contributed by atoms with E-state index >= 15 is 0 Å². The number of para-hydroxylation sites is 1. The summed E-state index contributed by atoms with van der Waals surface area (Å²) >= 11 is 0. The Bertz CT molecular complexity index is 1050. The standard InChI is InChI=1S/C23H26N4O4/c1-30-19-9-7-17(8-10-19)15-27-22(24-25-23(27)29)18-11-13-26(14-12-18)21(28)16-31-20-5-3-2-4-6-20/h2-10,18H,11-16H2,1H3,(H,25,29). The fourth-order valence-electron chi connectivity index (χ4n) is 3.85. The molecule has 8 heteroatoms. The number of piperidine rings is 1. The van der Waals surface area contributed by atoms with Gasteiger partial charge >= 0.3 is 5.69 Å². The van der Waals surface area contributed by atoms with Crippen LogP contribution in [0, 0.1) is 0 Å². The van der Waals surface area contributed by atoms with Crippen molar-refractivity contribution in [3.63, 3.8) is 0 Å². The first-order chi connectivity index (χ1) is 15.1. The van der Waals surface area contributed by atoms with Crippen LogP contribution >= 0.6 is 0 Å². The predicted molar refractivity (Wildman–Crippen MR) is 115 cm³/mol. The van der Waals surface area contributed by atoms with Crippen LogP contribution < -0.4 is 15.2 Å². The molecule has 3 aromatic rings. The summed E-state index contributed by atoms with van der Waals surface area (Å²) in [5, 5.41) is 6.87. The fourth-order valence-corrected chi connectivity index (χ4v) is 3.85. The average molecular weight is 422 g/mol. The van der Waals surface area contributed by atoms with Crippen LogP contribution in [0.1, 0.15) is 30.1 Å². The third kappa shape index (κ3) is 4.96. The lowest BCUT2D eigenvalue weighted by Crippen LogP contribution is -2.41. The molecule has 4 rings (SSSR count). The molecule has 2 heterocycles. The van der Waals surface area contributed by atoms with Crippen molar-refractivity contribution in [2.45, 2.75) is 25.3 Å². The summed E-state index contributed by atoms with van der Waals surface area (Å²) in [5.41, 5.74) is 0.775. The van der Waals surface area contributed by atoms with Gasteiger partial charge in [0.2, 0.25) is 0 Å². The van der Waals surface area contributed by atoms with Crippen LogP contribution in [0.4, 0.5) is 0 Å². The zero-order valence-corrected chi connectivity index (χ0v) is 17.5. The molecule has 31 heavy (non-hydrogen) atoms. The van der Waals surface area contributed by atoms with Gasteiger partial charge in [0.25, 0.3) is 5.91 Å². The summed E-state index contributed by atoms with van der Waals surface area (Å²) in [6, 6.07) is 17.0. The lowest BCUT2D eigenvalue weighted by atomic mass is 9.95. The predicted octanol–water partition coefficient (Wildman–Crippen LogP) is 2.41. The highest BCUT2D eigenvalue weighted by molar-refractivity contribution is 5.77. The topological polar surface area (TPSA) is 89.4 Å².